The SMILES string of the molecule is CC(CC1CCCN1C(=O)OC(C)(C)C)Nc1cnccc1Cl. The highest BCUT2D eigenvalue weighted by Gasteiger charge is 2.32. The number of carbonyl (C=O) groups excluding carboxylic acids is 1. The summed E-state index contributed by atoms with van der Waals surface area (Å²) in [4.78, 5) is 18.3. The summed E-state index contributed by atoms with van der Waals surface area (Å²) in [5, 5.41) is 4.03. The lowest BCUT2D eigenvalue weighted by molar-refractivity contribution is 0.0218. The number of likely N-dealkylation sites (tertiary alicyclic amines) is 1. The molecule has 1 fully saturated rings. The summed E-state index contributed by atoms with van der Waals surface area (Å²) in [7, 11) is 0. The molecule has 0 bridgehead atoms. The Balaban J connectivity index is 1.93. The second-order valence-corrected chi connectivity index (χ2v) is 7.51. The van der Waals surface area contributed by atoms with Gasteiger partial charge in [0, 0.05) is 24.8 Å². The molecule has 5 nitrogen and oxygen atoms in total. The van der Waals surface area contributed by atoms with Gasteiger partial charge in [-0.3, -0.25) is 4.98 Å². The van der Waals surface area contributed by atoms with E-state index in [-0.39, 0.29) is 18.2 Å². The molecule has 2 heterocycles. The Hall–Kier alpha value is -1.49. The second-order valence-electron chi connectivity index (χ2n) is 7.11. The van der Waals surface area contributed by atoms with Crippen LogP contribution in [0.1, 0.15) is 47.0 Å². The summed E-state index contributed by atoms with van der Waals surface area (Å²) in [5.74, 6) is 0. The van der Waals surface area contributed by atoms with E-state index in [1.165, 1.54) is 0 Å². The normalized spacial score (nSPS) is 19.5. The monoisotopic (exact) mass is 339 g/mol. The van der Waals surface area contributed by atoms with Crippen molar-refractivity contribution in [1.29, 1.82) is 0 Å². The van der Waals surface area contributed by atoms with Crippen molar-refractivity contribution in [3.8, 4) is 0 Å². The minimum atomic E-state index is -0.461. The molecule has 1 amide bonds. The number of halogens is 1. The zero-order valence-electron chi connectivity index (χ0n) is 14.3. The number of nitrogens with zero attached hydrogens (tertiary/aromatic N) is 2. The minimum Gasteiger partial charge on any atom is -0.444 e. The minimum absolute atomic E-state index is 0.185. The van der Waals surface area contributed by atoms with Crippen LogP contribution in [0.25, 0.3) is 0 Å². The van der Waals surface area contributed by atoms with Crippen LogP contribution in [-0.4, -0.2) is 40.2 Å². The number of anilines is 1. The molecular weight excluding hydrogens is 314 g/mol. The van der Waals surface area contributed by atoms with Crippen molar-refractivity contribution in [1.82, 2.24) is 9.88 Å². The zero-order chi connectivity index (χ0) is 17.0. The van der Waals surface area contributed by atoms with Gasteiger partial charge in [0.1, 0.15) is 5.60 Å². The summed E-state index contributed by atoms with van der Waals surface area (Å²) in [5.41, 5.74) is 0.362. The number of aromatic nitrogens is 1. The van der Waals surface area contributed by atoms with Gasteiger partial charge < -0.3 is 15.0 Å². The van der Waals surface area contributed by atoms with Gasteiger partial charge in [-0.25, -0.2) is 4.79 Å². The van der Waals surface area contributed by atoms with E-state index in [1.54, 1.807) is 18.5 Å². The molecule has 1 aliphatic rings. The first-order valence-corrected chi connectivity index (χ1v) is 8.50. The van der Waals surface area contributed by atoms with Crippen LogP contribution >= 0.6 is 11.6 Å². The van der Waals surface area contributed by atoms with Gasteiger partial charge in [0.25, 0.3) is 0 Å². The van der Waals surface area contributed by atoms with Crippen LogP contribution in [0.4, 0.5) is 10.5 Å². The fourth-order valence-electron chi connectivity index (χ4n) is 2.86. The molecule has 1 aromatic heterocycles. The topological polar surface area (TPSA) is 54.5 Å². The molecule has 0 aliphatic carbocycles. The zero-order valence-corrected chi connectivity index (χ0v) is 15.1. The Morgan fingerprint density at radius 2 is 2.30 bits per heavy atom. The van der Waals surface area contributed by atoms with Gasteiger partial charge in [0.2, 0.25) is 0 Å². The van der Waals surface area contributed by atoms with Gasteiger partial charge in [-0.2, -0.15) is 0 Å². The first-order chi connectivity index (χ1) is 10.8. The summed E-state index contributed by atoms with van der Waals surface area (Å²) in [6.45, 7) is 8.54. The Morgan fingerprint density at radius 1 is 1.57 bits per heavy atom. The lowest BCUT2D eigenvalue weighted by Gasteiger charge is -2.30. The van der Waals surface area contributed by atoms with Gasteiger partial charge >= 0.3 is 6.09 Å². The van der Waals surface area contributed by atoms with Crippen molar-refractivity contribution in [3.05, 3.63) is 23.5 Å². The molecule has 0 radical (unpaired) electrons. The molecule has 2 unspecified atom stereocenters. The third-order valence-electron chi connectivity index (χ3n) is 3.80. The highest BCUT2D eigenvalue weighted by molar-refractivity contribution is 6.33. The molecule has 1 N–H and O–H groups in total. The number of ether oxygens (including phenoxy) is 1. The van der Waals surface area contributed by atoms with E-state index in [1.807, 2.05) is 25.7 Å². The van der Waals surface area contributed by atoms with E-state index in [2.05, 4.69) is 17.2 Å². The van der Waals surface area contributed by atoms with Crippen LogP contribution < -0.4 is 5.32 Å². The molecule has 0 saturated carbocycles. The Labute approximate surface area is 143 Å². The fraction of sp³-hybridized carbons (Fsp3) is 0.647. The summed E-state index contributed by atoms with van der Waals surface area (Å²) < 4.78 is 5.51. The van der Waals surface area contributed by atoms with Crippen molar-refractivity contribution >= 4 is 23.4 Å². The first kappa shape index (κ1) is 17.9. The largest absolute Gasteiger partial charge is 0.444 e. The Morgan fingerprint density at radius 3 is 2.96 bits per heavy atom. The molecule has 1 saturated heterocycles. The molecule has 128 valence electrons. The van der Waals surface area contributed by atoms with Crippen LogP contribution in [0.5, 0.6) is 0 Å². The number of carbonyl (C=O) groups is 1. The van der Waals surface area contributed by atoms with Crippen LogP contribution in [-0.2, 0) is 4.74 Å². The number of rotatable bonds is 4. The van der Waals surface area contributed by atoms with E-state index in [0.717, 1.165) is 31.5 Å². The predicted molar refractivity (Wildman–Crippen MR) is 92.9 cm³/mol. The van der Waals surface area contributed by atoms with Crippen LogP contribution in [0.3, 0.4) is 0 Å². The number of hydrogen-bond donors (Lipinski definition) is 1. The van der Waals surface area contributed by atoms with Crippen LogP contribution in [0.2, 0.25) is 5.02 Å². The second kappa shape index (κ2) is 7.39. The Bertz CT molecular complexity index is 545. The number of pyridine rings is 1. The summed E-state index contributed by atoms with van der Waals surface area (Å²) in [6, 6.07) is 2.15. The maximum absolute atomic E-state index is 12.3. The third kappa shape index (κ3) is 5.27. The van der Waals surface area contributed by atoms with Crippen molar-refractivity contribution in [2.24, 2.45) is 0 Å². The van der Waals surface area contributed by atoms with E-state index in [9.17, 15) is 4.79 Å². The first-order valence-electron chi connectivity index (χ1n) is 8.12. The van der Waals surface area contributed by atoms with Crippen molar-refractivity contribution in [3.63, 3.8) is 0 Å². The van der Waals surface area contributed by atoms with E-state index in [0.29, 0.717) is 5.02 Å². The standard InChI is InChI=1S/C17H26ClN3O2/c1-12(20-15-11-19-8-7-14(15)18)10-13-6-5-9-21(13)16(22)23-17(2,3)4/h7-8,11-13,20H,5-6,9-10H2,1-4H3. The highest BCUT2D eigenvalue weighted by Crippen LogP contribution is 2.26. The molecule has 6 heteroatoms. The highest BCUT2D eigenvalue weighted by atomic mass is 35.5. The lowest BCUT2D eigenvalue weighted by atomic mass is 10.1. The molecule has 1 aliphatic heterocycles. The Kier molecular flexibility index (Phi) is 5.74. The smallest absolute Gasteiger partial charge is 0.410 e. The quantitative estimate of drug-likeness (QED) is 0.887. The van der Waals surface area contributed by atoms with Crippen LogP contribution in [0.15, 0.2) is 18.5 Å². The number of nitrogens with one attached hydrogen (secondary N) is 1. The molecule has 23 heavy (non-hydrogen) atoms. The number of amides is 1. The maximum Gasteiger partial charge on any atom is 0.410 e. The fourth-order valence-corrected chi connectivity index (χ4v) is 3.02. The molecule has 1 aromatic rings. The van der Waals surface area contributed by atoms with Gasteiger partial charge in [-0.15, -0.1) is 0 Å². The lowest BCUT2D eigenvalue weighted by Crippen LogP contribution is -2.41. The molecular formula is C17H26ClN3O2. The number of hydrogen-bond acceptors (Lipinski definition) is 4. The molecule has 2 atom stereocenters. The maximum atomic E-state index is 12.3. The molecule has 0 aromatic carbocycles. The third-order valence-corrected chi connectivity index (χ3v) is 4.13. The van der Waals surface area contributed by atoms with Gasteiger partial charge in [0.15, 0.2) is 0 Å². The van der Waals surface area contributed by atoms with E-state index >= 15 is 0 Å². The van der Waals surface area contributed by atoms with Gasteiger partial charge in [-0.1, -0.05) is 11.6 Å². The van der Waals surface area contributed by atoms with Crippen molar-refractivity contribution in [2.45, 2.75) is 64.6 Å². The average Bonchev–Trinajstić information content (AvgIpc) is 2.87. The van der Waals surface area contributed by atoms with Crippen LogP contribution in [0, 0.1) is 0 Å². The summed E-state index contributed by atoms with van der Waals surface area (Å²) >= 11 is 6.15. The summed E-state index contributed by atoms with van der Waals surface area (Å²) in [6.07, 6.45) is 6.05. The predicted octanol–water partition coefficient (Wildman–Crippen LogP) is 4.33. The van der Waals surface area contributed by atoms with Crippen molar-refractivity contribution in [2.75, 3.05) is 11.9 Å². The van der Waals surface area contributed by atoms with Crippen molar-refractivity contribution < 1.29 is 9.53 Å². The average molecular weight is 340 g/mol. The van der Waals surface area contributed by atoms with Gasteiger partial charge in [-0.05, 0) is 53.0 Å². The van der Waals surface area contributed by atoms with Gasteiger partial charge in [0.05, 0.1) is 16.9 Å². The van der Waals surface area contributed by atoms with E-state index in [4.69, 9.17) is 16.3 Å². The van der Waals surface area contributed by atoms with E-state index < -0.39 is 5.60 Å². The molecule has 0 spiro atoms. The molecule has 2 rings (SSSR count).